The summed E-state index contributed by atoms with van der Waals surface area (Å²) in [6.07, 6.45) is 5.23. The Morgan fingerprint density at radius 2 is 1.27 bits per heavy atom. The van der Waals surface area contributed by atoms with Crippen LogP contribution in [-0.4, -0.2) is 0 Å². The minimum absolute atomic E-state index is 0. The quantitative estimate of drug-likeness (QED) is 0.365. The van der Waals surface area contributed by atoms with E-state index in [-0.39, 0.29) is 18.9 Å². The van der Waals surface area contributed by atoms with Crippen molar-refractivity contribution in [2.75, 3.05) is 0 Å². The van der Waals surface area contributed by atoms with Gasteiger partial charge < -0.3 is 0 Å². The molecule has 0 fully saturated rings. The van der Waals surface area contributed by atoms with Gasteiger partial charge in [0.15, 0.2) is 0 Å². The normalized spacial score (nSPS) is 9.87. The van der Waals surface area contributed by atoms with E-state index in [9.17, 15) is 0 Å². The van der Waals surface area contributed by atoms with Crippen molar-refractivity contribution in [3.63, 3.8) is 0 Å². The third-order valence-electron chi connectivity index (χ3n) is 1.98. The van der Waals surface area contributed by atoms with E-state index in [1.54, 1.807) is 0 Å². The largest absolute Gasteiger partial charge is 1.00 e. The van der Waals surface area contributed by atoms with Crippen molar-refractivity contribution in [3.05, 3.63) is 77.9 Å². The zero-order valence-corrected chi connectivity index (χ0v) is 8.85. The molecular weight excluding hydrogens is 175 g/mol. The van der Waals surface area contributed by atoms with Crippen molar-refractivity contribution in [2.24, 2.45) is 0 Å². The van der Waals surface area contributed by atoms with Gasteiger partial charge in [-0.1, -0.05) is 42.0 Å². The maximum atomic E-state index is 3.24. The molecule has 0 aliphatic heterocycles. The second-order valence-electron chi connectivity index (χ2n) is 3.07. The molecule has 0 heterocycles. The predicted molar refractivity (Wildman–Crippen MR) is 59.7 cm³/mol. The van der Waals surface area contributed by atoms with E-state index in [2.05, 4.69) is 18.2 Å². The van der Waals surface area contributed by atoms with Gasteiger partial charge in [0, 0.05) is 0 Å². The summed E-state index contributed by atoms with van der Waals surface area (Å²) in [5.74, 6) is 0. The Morgan fingerprint density at radius 1 is 0.733 bits per heavy atom. The molecule has 2 aromatic carbocycles. The molecule has 0 radical (unpaired) electrons. The van der Waals surface area contributed by atoms with Gasteiger partial charge in [0.1, 0.15) is 0 Å². The molecule has 68 valence electrons. The Morgan fingerprint density at radius 3 is 1.87 bits per heavy atom. The van der Waals surface area contributed by atoms with Crippen LogP contribution in [0.15, 0.2) is 60.7 Å². The molecule has 0 N–H and O–H groups in total. The van der Waals surface area contributed by atoms with Gasteiger partial charge in [-0.05, 0) is 0 Å². The van der Waals surface area contributed by atoms with Gasteiger partial charge in [0.2, 0.25) is 0 Å². The van der Waals surface area contributed by atoms with Crippen LogP contribution in [0.25, 0.3) is 6.08 Å². The number of benzene rings is 2. The second-order valence-corrected chi connectivity index (χ2v) is 3.07. The average Bonchev–Trinajstić information content (AvgIpc) is 2.29. The Hall–Kier alpha value is -1.22. The standard InChI is InChI=1S/C14H11.Li/c1-3-7-13(8-4-1)11-12-14-9-5-2-6-10-14;/h1-11H;/q-1;+1. The first-order chi connectivity index (χ1) is 6.95. The van der Waals surface area contributed by atoms with Crippen LogP contribution in [0.1, 0.15) is 11.1 Å². The summed E-state index contributed by atoms with van der Waals surface area (Å²) < 4.78 is 0. The van der Waals surface area contributed by atoms with E-state index in [1.165, 1.54) is 5.56 Å². The third-order valence-corrected chi connectivity index (χ3v) is 1.98. The molecule has 0 bridgehead atoms. The summed E-state index contributed by atoms with van der Waals surface area (Å²) in [7, 11) is 0. The molecule has 0 amide bonds. The molecular formula is C14H11Li. The van der Waals surface area contributed by atoms with Gasteiger partial charge >= 0.3 is 18.9 Å². The van der Waals surface area contributed by atoms with Gasteiger partial charge in [0.05, 0.1) is 0 Å². The maximum Gasteiger partial charge on any atom is 1.00 e. The van der Waals surface area contributed by atoms with Crippen LogP contribution in [0.3, 0.4) is 0 Å². The molecule has 2 aromatic rings. The SMILES string of the molecule is [C-](=Cc1ccccc1)c1ccccc1.[Li+]. The maximum absolute atomic E-state index is 3.24. The van der Waals surface area contributed by atoms with E-state index >= 15 is 0 Å². The molecule has 0 aliphatic rings. The molecule has 0 nitrogen and oxygen atoms in total. The van der Waals surface area contributed by atoms with Crippen LogP contribution in [0.4, 0.5) is 0 Å². The van der Waals surface area contributed by atoms with Crippen molar-refractivity contribution in [2.45, 2.75) is 0 Å². The zero-order chi connectivity index (χ0) is 9.64. The number of hydrogen-bond donors (Lipinski definition) is 0. The predicted octanol–water partition coefficient (Wildman–Crippen LogP) is 0.555. The molecule has 15 heavy (non-hydrogen) atoms. The summed E-state index contributed by atoms with van der Waals surface area (Å²) in [5, 5.41) is 0. The Labute approximate surface area is 103 Å². The van der Waals surface area contributed by atoms with Crippen LogP contribution in [0, 0.1) is 6.08 Å². The van der Waals surface area contributed by atoms with Crippen LogP contribution in [0.2, 0.25) is 0 Å². The van der Waals surface area contributed by atoms with Gasteiger partial charge in [0.25, 0.3) is 0 Å². The van der Waals surface area contributed by atoms with E-state index < -0.39 is 0 Å². The van der Waals surface area contributed by atoms with Gasteiger partial charge in [-0.15, -0.1) is 42.0 Å². The summed E-state index contributed by atoms with van der Waals surface area (Å²) in [4.78, 5) is 0. The van der Waals surface area contributed by atoms with Crippen molar-refractivity contribution >= 4 is 6.08 Å². The van der Waals surface area contributed by atoms with E-state index in [1.807, 2.05) is 54.6 Å². The first-order valence-corrected chi connectivity index (χ1v) is 4.65. The molecule has 0 aromatic heterocycles. The molecule has 2 rings (SSSR count). The summed E-state index contributed by atoms with van der Waals surface area (Å²) >= 11 is 0. The fourth-order valence-electron chi connectivity index (χ4n) is 1.25. The van der Waals surface area contributed by atoms with Crippen molar-refractivity contribution in [1.82, 2.24) is 0 Å². The van der Waals surface area contributed by atoms with Gasteiger partial charge in [-0.25, -0.2) is 0 Å². The fraction of sp³-hybridized carbons (Fsp3) is 0. The first-order valence-electron chi connectivity index (χ1n) is 4.65. The van der Waals surface area contributed by atoms with Crippen LogP contribution < -0.4 is 18.9 Å². The fourth-order valence-corrected chi connectivity index (χ4v) is 1.25. The summed E-state index contributed by atoms with van der Waals surface area (Å²) in [5.41, 5.74) is 2.28. The topological polar surface area (TPSA) is 0 Å². The number of rotatable bonds is 2. The molecule has 0 spiro atoms. The molecule has 0 unspecified atom stereocenters. The Kier molecular flexibility index (Phi) is 4.97. The molecule has 0 atom stereocenters. The Bertz CT molecular complexity index is 362. The minimum atomic E-state index is 0. The van der Waals surface area contributed by atoms with Crippen molar-refractivity contribution in [3.8, 4) is 0 Å². The van der Waals surface area contributed by atoms with Crippen LogP contribution >= 0.6 is 0 Å². The van der Waals surface area contributed by atoms with E-state index in [4.69, 9.17) is 0 Å². The van der Waals surface area contributed by atoms with Gasteiger partial charge in [-0.3, -0.25) is 0 Å². The second kappa shape index (κ2) is 6.30. The summed E-state index contributed by atoms with van der Waals surface area (Å²) in [6, 6.07) is 20.3. The van der Waals surface area contributed by atoms with Crippen molar-refractivity contribution in [1.29, 1.82) is 0 Å². The summed E-state index contributed by atoms with van der Waals surface area (Å²) in [6.45, 7) is 0. The van der Waals surface area contributed by atoms with Crippen LogP contribution in [0.5, 0.6) is 0 Å². The monoisotopic (exact) mass is 186 g/mol. The van der Waals surface area contributed by atoms with Crippen LogP contribution in [-0.2, 0) is 0 Å². The van der Waals surface area contributed by atoms with Crippen molar-refractivity contribution < 1.29 is 18.9 Å². The molecule has 0 saturated heterocycles. The average molecular weight is 186 g/mol. The molecule has 1 heteroatoms. The third kappa shape index (κ3) is 3.79. The smallest absolute Gasteiger partial charge is 0.150 e. The zero-order valence-electron chi connectivity index (χ0n) is 8.85. The first kappa shape index (κ1) is 11.8. The van der Waals surface area contributed by atoms with E-state index in [0.717, 1.165) is 5.56 Å². The molecule has 0 aliphatic carbocycles. The molecule has 0 saturated carbocycles. The minimum Gasteiger partial charge on any atom is -0.150 e. The Balaban J connectivity index is 0.00000112. The number of hydrogen-bond acceptors (Lipinski definition) is 0. The van der Waals surface area contributed by atoms with E-state index in [0.29, 0.717) is 0 Å². The van der Waals surface area contributed by atoms with Gasteiger partial charge in [-0.2, -0.15) is 0 Å².